The van der Waals surface area contributed by atoms with E-state index in [9.17, 15) is 4.39 Å². The molecule has 1 N–H and O–H groups in total. The van der Waals surface area contributed by atoms with Gasteiger partial charge in [0.2, 0.25) is 0 Å². The number of hydrogen-bond donors (Lipinski definition) is 1. The molecule has 0 bridgehead atoms. The summed E-state index contributed by atoms with van der Waals surface area (Å²) in [6.45, 7) is 4.20. The monoisotopic (exact) mass is 90.1 g/mol. The van der Waals surface area contributed by atoms with Gasteiger partial charge in [-0.05, 0) is 13.5 Å². The summed E-state index contributed by atoms with van der Waals surface area (Å²) in [6, 6.07) is 0. The highest BCUT2D eigenvalue weighted by Gasteiger charge is 1.74. The zero-order valence-electron chi connectivity index (χ0n) is 3.71. The lowest BCUT2D eigenvalue weighted by atomic mass is 10.6. The first-order valence-electron chi connectivity index (χ1n) is 1.97. The van der Waals surface area contributed by atoms with E-state index in [1.807, 2.05) is 0 Å². The molecule has 0 spiro atoms. The fourth-order valence-electron chi connectivity index (χ4n) is 0.192. The van der Waals surface area contributed by atoms with Crippen molar-refractivity contribution in [3.63, 3.8) is 0 Å². The quantitative estimate of drug-likeness (QED) is 0.494. The molecule has 0 fully saturated rings. The van der Waals surface area contributed by atoms with Gasteiger partial charge in [0.15, 0.2) is 0 Å². The van der Waals surface area contributed by atoms with E-state index < -0.39 is 0 Å². The van der Waals surface area contributed by atoms with Crippen LogP contribution in [0.3, 0.4) is 0 Å². The Morgan fingerprint density at radius 3 is 2.50 bits per heavy atom. The van der Waals surface area contributed by atoms with Crippen molar-refractivity contribution in [1.82, 2.24) is 5.32 Å². The maximum atomic E-state index is 11.1. The minimum atomic E-state index is -0.296. The third-order valence-corrected chi connectivity index (χ3v) is 0.448. The van der Waals surface area contributed by atoms with Crippen LogP contribution in [0.4, 0.5) is 4.39 Å². The molecule has 0 aliphatic rings. The summed E-state index contributed by atoms with van der Waals surface area (Å²) in [4.78, 5) is 0. The lowest BCUT2D eigenvalue weighted by molar-refractivity contribution is 0.475. The predicted octanol–water partition coefficient (Wildman–Crippen LogP) is 0.380. The van der Waals surface area contributed by atoms with Crippen LogP contribution >= 0.6 is 0 Å². The lowest BCUT2D eigenvalue weighted by Gasteiger charge is -1.89. The van der Waals surface area contributed by atoms with Crippen molar-refractivity contribution in [2.24, 2.45) is 0 Å². The Bertz CT molecular complexity index is 19.5. The zero-order chi connectivity index (χ0) is 4.83. The fraction of sp³-hybridized carbons (Fsp3) is 0.750. The van der Waals surface area contributed by atoms with E-state index in [4.69, 9.17) is 0 Å². The van der Waals surface area contributed by atoms with Crippen LogP contribution in [0.25, 0.3) is 0 Å². The summed E-state index contributed by atoms with van der Waals surface area (Å²) in [5.41, 5.74) is 0. The van der Waals surface area contributed by atoms with Crippen molar-refractivity contribution in [3.05, 3.63) is 6.92 Å². The van der Waals surface area contributed by atoms with Crippen LogP contribution in [-0.2, 0) is 0 Å². The summed E-state index contributed by atoms with van der Waals surface area (Å²) >= 11 is 0. The maximum absolute atomic E-state index is 11.1. The molecule has 0 rings (SSSR count). The molecule has 1 nitrogen and oxygen atoms in total. The normalized spacial score (nSPS) is 9.00. The van der Waals surface area contributed by atoms with Crippen LogP contribution in [0.15, 0.2) is 0 Å². The van der Waals surface area contributed by atoms with Gasteiger partial charge in [0.05, 0.1) is 0 Å². The molecule has 0 saturated heterocycles. The summed E-state index contributed by atoms with van der Waals surface area (Å²) in [5.74, 6) is 0. The highest BCUT2D eigenvalue weighted by molar-refractivity contribution is 4.43. The Labute approximate surface area is 37.5 Å². The molecule has 37 valence electrons. The Morgan fingerprint density at radius 2 is 2.33 bits per heavy atom. The molecule has 0 aromatic rings. The number of nitrogens with one attached hydrogen (secondary N) is 1. The average Bonchev–Trinajstić information content (AvgIpc) is 1.61. The van der Waals surface area contributed by atoms with Gasteiger partial charge < -0.3 is 5.32 Å². The van der Waals surface area contributed by atoms with Crippen molar-refractivity contribution in [1.29, 1.82) is 0 Å². The molecular formula is C4H9FN. The second-order valence-corrected chi connectivity index (χ2v) is 0.939. The van der Waals surface area contributed by atoms with Gasteiger partial charge in [-0.15, -0.1) is 0 Å². The highest BCUT2D eigenvalue weighted by atomic mass is 19.1. The second kappa shape index (κ2) is 4.89. The maximum Gasteiger partial charge on any atom is 0.102 e. The zero-order valence-corrected chi connectivity index (χ0v) is 3.71. The van der Waals surface area contributed by atoms with E-state index in [0.717, 1.165) is 0 Å². The van der Waals surface area contributed by atoms with Crippen molar-refractivity contribution in [3.8, 4) is 0 Å². The molecule has 2 heteroatoms. The van der Waals surface area contributed by atoms with Crippen molar-refractivity contribution < 1.29 is 4.39 Å². The average molecular weight is 90.1 g/mol. The van der Waals surface area contributed by atoms with Crippen molar-refractivity contribution in [2.75, 3.05) is 19.8 Å². The lowest BCUT2D eigenvalue weighted by Crippen LogP contribution is -2.15. The van der Waals surface area contributed by atoms with Gasteiger partial charge in [0, 0.05) is 6.54 Å². The van der Waals surface area contributed by atoms with Gasteiger partial charge in [0.1, 0.15) is 6.67 Å². The summed E-state index contributed by atoms with van der Waals surface area (Å²) < 4.78 is 11.1. The minimum absolute atomic E-state index is 0.296. The minimum Gasteiger partial charge on any atom is -0.314 e. The van der Waals surface area contributed by atoms with E-state index >= 15 is 0 Å². The number of alkyl halides is 1. The van der Waals surface area contributed by atoms with Crippen LogP contribution in [-0.4, -0.2) is 19.8 Å². The summed E-state index contributed by atoms with van der Waals surface area (Å²) in [6.07, 6.45) is 0. The third kappa shape index (κ3) is 3.89. The van der Waals surface area contributed by atoms with Gasteiger partial charge >= 0.3 is 0 Å². The van der Waals surface area contributed by atoms with Crippen LogP contribution < -0.4 is 5.32 Å². The van der Waals surface area contributed by atoms with Gasteiger partial charge in [-0.2, -0.15) is 0 Å². The number of rotatable bonds is 3. The van der Waals surface area contributed by atoms with Crippen molar-refractivity contribution >= 4 is 0 Å². The molecule has 0 unspecified atom stereocenters. The first-order chi connectivity index (χ1) is 2.91. The van der Waals surface area contributed by atoms with Crippen LogP contribution in [0.5, 0.6) is 0 Å². The first kappa shape index (κ1) is 5.89. The fourth-order valence-corrected chi connectivity index (χ4v) is 0.192. The van der Waals surface area contributed by atoms with Crippen LogP contribution in [0.2, 0.25) is 0 Å². The summed E-state index contributed by atoms with van der Waals surface area (Å²) in [7, 11) is 0. The van der Waals surface area contributed by atoms with E-state index in [1.54, 1.807) is 0 Å². The first-order valence-corrected chi connectivity index (χ1v) is 1.97. The Balaban J connectivity index is 2.34. The topological polar surface area (TPSA) is 12.0 Å². The van der Waals surface area contributed by atoms with Crippen molar-refractivity contribution in [2.45, 2.75) is 0 Å². The molecule has 6 heavy (non-hydrogen) atoms. The molecule has 0 aliphatic carbocycles. The van der Waals surface area contributed by atoms with Gasteiger partial charge in [0.25, 0.3) is 0 Å². The van der Waals surface area contributed by atoms with Gasteiger partial charge in [-0.1, -0.05) is 0 Å². The highest BCUT2D eigenvalue weighted by Crippen LogP contribution is 1.59. The molecule has 0 saturated carbocycles. The smallest absolute Gasteiger partial charge is 0.102 e. The van der Waals surface area contributed by atoms with E-state index in [0.29, 0.717) is 13.1 Å². The number of hydrogen-bond acceptors (Lipinski definition) is 1. The van der Waals surface area contributed by atoms with Crippen LogP contribution in [0, 0.1) is 6.92 Å². The molecule has 0 amide bonds. The van der Waals surface area contributed by atoms with Crippen LogP contribution in [0.1, 0.15) is 0 Å². The predicted molar refractivity (Wildman–Crippen MR) is 24.2 cm³/mol. The van der Waals surface area contributed by atoms with Gasteiger partial charge in [-0.3, -0.25) is 0 Å². The van der Waals surface area contributed by atoms with E-state index in [-0.39, 0.29) is 6.67 Å². The molecule has 0 heterocycles. The standard InChI is InChI=1S/C4H9FN/c1-2-6-4-3-5/h6H,1-4H2. The second-order valence-electron chi connectivity index (χ2n) is 0.939. The largest absolute Gasteiger partial charge is 0.314 e. The number of halogens is 1. The van der Waals surface area contributed by atoms with E-state index in [2.05, 4.69) is 12.2 Å². The Kier molecular flexibility index (Phi) is 4.80. The molecule has 0 aromatic carbocycles. The molecule has 0 aliphatic heterocycles. The van der Waals surface area contributed by atoms with Gasteiger partial charge in [-0.25, -0.2) is 4.39 Å². The molecule has 1 radical (unpaired) electrons. The Morgan fingerprint density at radius 1 is 1.67 bits per heavy atom. The SMILES string of the molecule is [CH2]CNCCF. The molecule has 0 aromatic heterocycles. The molecule has 0 atom stereocenters. The summed E-state index contributed by atoms with van der Waals surface area (Å²) in [5, 5.41) is 2.71. The van der Waals surface area contributed by atoms with E-state index in [1.165, 1.54) is 0 Å². The molecular weight excluding hydrogens is 81.0 g/mol. The Hall–Kier alpha value is -0.110. The third-order valence-electron chi connectivity index (χ3n) is 0.448.